The minimum Gasteiger partial charge on any atom is -0.379 e. The summed E-state index contributed by atoms with van der Waals surface area (Å²) in [4.78, 5) is 10.9. The van der Waals surface area contributed by atoms with Gasteiger partial charge in [-0.15, -0.1) is 0 Å². The fourth-order valence-corrected chi connectivity index (χ4v) is 5.48. The molecule has 0 saturated carbocycles. The summed E-state index contributed by atoms with van der Waals surface area (Å²) in [5.41, 5.74) is -0.0282. The van der Waals surface area contributed by atoms with E-state index in [1.54, 1.807) is 16.7 Å². The summed E-state index contributed by atoms with van der Waals surface area (Å²) in [5, 5.41) is 0. The largest absolute Gasteiger partial charge is 0.379 e. The summed E-state index contributed by atoms with van der Waals surface area (Å²) in [6, 6.07) is 1.81. The first-order chi connectivity index (χ1) is 11.9. The topological polar surface area (TPSA) is 75.6 Å². The molecule has 7 nitrogen and oxygen atoms in total. The van der Waals surface area contributed by atoms with Crippen LogP contribution in [0.25, 0.3) is 0 Å². The maximum Gasteiger partial charge on any atom is 0.225 e. The SMILES string of the molecule is CC(C)CS(=O)(=O)N1CCC2(CC1)COCCN(c1ncccn1)C2. The van der Waals surface area contributed by atoms with E-state index in [-0.39, 0.29) is 17.1 Å². The van der Waals surface area contributed by atoms with E-state index in [0.717, 1.165) is 31.9 Å². The van der Waals surface area contributed by atoms with Crippen molar-refractivity contribution in [3.63, 3.8) is 0 Å². The molecular formula is C17H28N4O3S. The Balaban J connectivity index is 1.68. The minimum atomic E-state index is -3.16. The smallest absolute Gasteiger partial charge is 0.225 e. The first-order valence-electron chi connectivity index (χ1n) is 8.98. The standard InChI is InChI=1S/C17H28N4O3S/c1-15(2)12-25(22,23)21-8-4-17(5-9-21)13-20(10-11-24-14-17)16-18-6-3-7-19-16/h3,6-7,15H,4-5,8-14H2,1-2H3. The van der Waals surface area contributed by atoms with Crippen molar-refractivity contribution >= 4 is 16.0 Å². The highest BCUT2D eigenvalue weighted by atomic mass is 32.2. The van der Waals surface area contributed by atoms with Gasteiger partial charge in [-0.1, -0.05) is 13.8 Å². The fourth-order valence-electron chi connectivity index (χ4n) is 3.69. The second-order valence-corrected chi connectivity index (χ2v) is 9.61. The van der Waals surface area contributed by atoms with Gasteiger partial charge in [0, 0.05) is 44.0 Å². The van der Waals surface area contributed by atoms with Crippen molar-refractivity contribution in [1.29, 1.82) is 0 Å². The van der Waals surface area contributed by atoms with Crippen LogP contribution in [-0.4, -0.2) is 67.8 Å². The van der Waals surface area contributed by atoms with E-state index in [9.17, 15) is 8.42 Å². The minimum absolute atomic E-state index is 0.0282. The number of hydrogen-bond acceptors (Lipinski definition) is 6. The number of hydrogen-bond donors (Lipinski definition) is 0. The van der Waals surface area contributed by atoms with E-state index >= 15 is 0 Å². The summed E-state index contributed by atoms with van der Waals surface area (Å²) in [5.74, 6) is 1.09. The Bertz CT molecular complexity index is 658. The number of ether oxygens (including phenoxy) is 1. The Labute approximate surface area is 150 Å². The predicted molar refractivity (Wildman–Crippen MR) is 96.9 cm³/mol. The van der Waals surface area contributed by atoms with Gasteiger partial charge in [0.1, 0.15) is 0 Å². The van der Waals surface area contributed by atoms with Crippen LogP contribution in [0.3, 0.4) is 0 Å². The fraction of sp³-hybridized carbons (Fsp3) is 0.765. The molecule has 0 atom stereocenters. The molecule has 2 saturated heterocycles. The molecule has 0 aromatic carbocycles. The van der Waals surface area contributed by atoms with Crippen molar-refractivity contribution in [2.24, 2.45) is 11.3 Å². The Morgan fingerprint density at radius 2 is 1.88 bits per heavy atom. The molecule has 0 N–H and O–H groups in total. The lowest BCUT2D eigenvalue weighted by Crippen LogP contribution is -2.49. The number of rotatable bonds is 4. The molecule has 2 fully saturated rings. The molecule has 3 heterocycles. The van der Waals surface area contributed by atoms with E-state index < -0.39 is 10.0 Å². The molecule has 1 aromatic rings. The quantitative estimate of drug-likeness (QED) is 0.799. The van der Waals surface area contributed by atoms with Crippen LogP contribution >= 0.6 is 0 Å². The first-order valence-corrected chi connectivity index (χ1v) is 10.6. The highest BCUT2D eigenvalue weighted by molar-refractivity contribution is 7.89. The van der Waals surface area contributed by atoms with Crippen molar-refractivity contribution in [2.75, 3.05) is 50.0 Å². The van der Waals surface area contributed by atoms with Crippen LogP contribution < -0.4 is 4.90 Å². The van der Waals surface area contributed by atoms with E-state index in [4.69, 9.17) is 4.74 Å². The van der Waals surface area contributed by atoms with Crippen LogP contribution in [0, 0.1) is 11.3 Å². The van der Waals surface area contributed by atoms with Crippen LogP contribution in [0.1, 0.15) is 26.7 Å². The second kappa shape index (κ2) is 7.55. The highest BCUT2D eigenvalue weighted by Gasteiger charge is 2.41. The Kier molecular flexibility index (Phi) is 5.60. The van der Waals surface area contributed by atoms with Gasteiger partial charge in [0.25, 0.3) is 0 Å². The lowest BCUT2D eigenvalue weighted by Gasteiger charge is -2.42. The summed E-state index contributed by atoms with van der Waals surface area (Å²) in [7, 11) is -3.16. The number of piperidine rings is 1. The molecule has 25 heavy (non-hydrogen) atoms. The van der Waals surface area contributed by atoms with Crippen LogP contribution in [0.2, 0.25) is 0 Å². The van der Waals surface area contributed by atoms with E-state index in [0.29, 0.717) is 26.3 Å². The summed E-state index contributed by atoms with van der Waals surface area (Å²) in [6.07, 6.45) is 5.13. The Hall–Kier alpha value is -1.25. The van der Waals surface area contributed by atoms with Gasteiger partial charge in [-0.3, -0.25) is 0 Å². The second-order valence-electron chi connectivity index (χ2n) is 7.59. The molecule has 0 aliphatic carbocycles. The molecule has 0 unspecified atom stereocenters. The average Bonchev–Trinajstić information content (AvgIpc) is 2.78. The molecule has 2 aliphatic heterocycles. The average molecular weight is 369 g/mol. The van der Waals surface area contributed by atoms with Crippen LogP contribution in [0.4, 0.5) is 5.95 Å². The summed E-state index contributed by atoms with van der Waals surface area (Å²) < 4.78 is 32.5. The third kappa shape index (κ3) is 4.48. The zero-order valence-corrected chi connectivity index (χ0v) is 15.9. The van der Waals surface area contributed by atoms with Gasteiger partial charge in [0.2, 0.25) is 16.0 Å². The van der Waals surface area contributed by atoms with Crippen LogP contribution in [0.5, 0.6) is 0 Å². The zero-order chi connectivity index (χ0) is 17.9. The normalized spacial score (nSPS) is 22.3. The number of aromatic nitrogens is 2. The van der Waals surface area contributed by atoms with Gasteiger partial charge in [-0.05, 0) is 24.8 Å². The zero-order valence-electron chi connectivity index (χ0n) is 15.1. The first kappa shape index (κ1) is 18.5. The van der Waals surface area contributed by atoms with Gasteiger partial charge in [-0.2, -0.15) is 0 Å². The lowest BCUT2D eigenvalue weighted by atomic mass is 9.79. The molecule has 1 spiro atoms. The van der Waals surface area contributed by atoms with Gasteiger partial charge >= 0.3 is 0 Å². The molecule has 0 bridgehead atoms. The van der Waals surface area contributed by atoms with Crippen molar-refractivity contribution in [3.8, 4) is 0 Å². The van der Waals surface area contributed by atoms with E-state index in [1.807, 2.05) is 19.9 Å². The Morgan fingerprint density at radius 3 is 2.52 bits per heavy atom. The van der Waals surface area contributed by atoms with E-state index in [1.165, 1.54) is 0 Å². The highest BCUT2D eigenvalue weighted by Crippen LogP contribution is 2.36. The lowest BCUT2D eigenvalue weighted by molar-refractivity contribution is 0.0374. The third-order valence-electron chi connectivity index (χ3n) is 5.00. The van der Waals surface area contributed by atoms with Crippen molar-refractivity contribution in [2.45, 2.75) is 26.7 Å². The predicted octanol–water partition coefficient (Wildman–Crippen LogP) is 1.38. The molecule has 3 rings (SSSR count). The van der Waals surface area contributed by atoms with Crippen LogP contribution in [-0.2, 0) is 14.8 Å². The van der Waals surface area contributed by atoms with Gasteiger partial charge < -0.3 is 9.64 Å². The van der Waals surface area contributed by atoms with E-state index in [2.05, 4.69) is 14.9 Å². The maximum absolute atomic E-state index is 12.5. The monoisotopic (exact) mass is 368 g/mol. The number of sulfonamides is 1. The Morgan fingerprint density at radius 1 is 1.20 bits per heavy atom. The molecule has 8 heteroatoms. The molecule has 0 amide bonds. The molecule has 1 aromatic heterocycles. The summed E-state index contributed by atoms with van der Waals surface area (Å²) >= 11 is 0. The van der Waals surface area contributed by atoms with Gasteiger partial charge in [0.05, 0.1) is 19.0 Å². The third-order valence-corrected chi connectivity index (χ3v) is 7.24. The molecule has 0 radical (unpaired) electrons. The van der Waals surface area contributed by atoms with Crippen molar-refractivity contribution in [1.82, 2.24) is 14.3 Å². The van der Waals surface area contributed by atoms with Gasteiger partial charge in [0.15, 0.2) is 0 Å². The summed E-state index contributed by atoms with van der Waals surface area (Å²) in [6.45, 7) is 7.93. The number of nitrogens with zero attached hydrogens (tertiary/aromatic N) is 4. The maximum atomic E-state index is 12.5. The van der Waals surface area contributed by atoms with Crippen LogP contribution in [0.15, 0.2) is 18.5 Å². The number of anilines is 1. The van der Waals surface area contributed by atoms with Gasteiger partial charge in [-0.25, -0.2) is 22.7 Å². The molecule has 2 aliphatic rings. The van der Waals surface area contributed by atoms with Crippen molar-refractivity contribution in [3.05, 3.63) is 18.5 Å². The van der Waals surface area contributed by atoms with Crippen molar-refractivity contribution < 1.29 is 13.2 Å². The molecule has 140 valence electrons. The molecular weight excluding hydrogens is 340 g/mol.